The Kier molecular flexibility index (Phi) is 9.07. The zero-order valence-electron chi connectivity index (χ0n) is 17.0. The van der Waals surface area contributed by atoms with Gasteiger partial charge in [-0.2, -0.15) is 0 Å². The minimum absolute atomic E-state index is 0.808. The summed E-state index contributed by atoms with van der Waals surface area (Å²) in [5.41, 5.74) is 0. The van der Waals surface area contributed by atoms with Gasteiger partial charge < -0.3 is 14.7 Å². The minimum atomic E-state index is 0.808. The van der Waals surface area contributed by atoms with Gasteiger partial charge in [-0.3, -0.25) is 0 Å². The van der Waals surface area contributed by atoms with E-state index in [9.17, 15) is 0 Å². The van der Waals surface area contributed by atoms with E-state index in [1.165, 1.54) is 91.0 Å². The molecule has 0 aromatic carbocycles. The number of likely N-dealkylation sites (tertiary alicyclic amines) is 1. The first-order valence-corrected chi connectivity index (χ1v) is 10.7. The molecule has 0 saturated carbocycles. The van der Waals surface area contributed by atoms with E-state index < -0.39 is 0 Å². The topological polar surface area (TPSA) is 9.72 Å². The summed E-state index contributed by atoms with van der Waals surface area (Å²) in [6.45, 7) is 21.2. The van der Waals surface area contributed by atoms with E-state index in [2.05, 4.69) is 42.4 Å². The van der Waals surface area contributed by atoms with E-state index in [4.69, 9.17) is 0 Å². The molecule has 0 amide bonds. The third-order valence-electron chi connectivity index (χ3n) is 5.90. The van der Waals surface area contributed by atoms with Crippen molar-refractivity contribution in [3.63, 3.8) is 0 Å². The van der Waals surface area contributed by atoms with Gasteiger partial charge in [0.15, 0.2) is 0 Å². The van der Waals surface area contributed by atoms with Gasteiger partial charge in [0.1, 0.15) is 0 Å². The van der Waals surface area contributed by atoms with E-state index in [1.807, 2.05) is 0 Å². The van der Waals surface area contributed by atoms with Crippen LogP contribution in [-0.2, 0) is 0 Å². The van der Waals surface area contributed by atoms with Crippen molar-refractivity contribution in [1.29, 1.82) is 0 Å². The lowest BCUT2D eigenvalue weighted by Crippen LogP contribution is -2.47. The monoisotopic (exact) mass is 337 g/mol. The summed E-state index contributed by atoms with van der Waals surface area (Å²) in [7, 11) is 0. The SMILES string of the molecule is CC(C)CCN1CCC(CCCN2CCN(CC(C)C)CC2)CC1. The van der Waals surface area contributed by atoms with Gasteiger partial charge in [0.05, 0.1) is 0 Å². The lowest BCUT2D eigenvalue weighted by molar-refractivity contribution is 0.116. The van der Waals surface area contributed by atoms with Gasteiger partial charge >= 0.3 is 0 Å². The average Bonchev–Trinajstić information content (AvgIpc) is 2.55. The number of nitrogens with zero attached hydrogens (tertiary/aromatic N) is 3. The molecule has 2 aliphatic heterocycles. The van der Waals surface area contributed by atoms with Crippen LogP contribution < -0.4 is 0 Å². The van der Waals surface area contributed by atoms with Crippen molar-refractivity contribution in [1.82, 2.24) is 14.7 Å². The number of hydrogen-bond acceptors (Lipinski definition) is 3. The highest BCUT2D eigenvalue weighted by atomic mass is 15.3. The molecule has 0 aromatic heterocycles. The van der Waals surface area contributed by atoms with E-state index >= 15 is 0 Å². The first-order chi connectivity index (χ1) is 11.5. The quantitative estimate of drug-likeness (QED) is 0.634. The molecule has 2 saturated heterocycles. The predicted molar refractivity (Wildman–Crippen MR) is 106 cm³/mol. The number of rotatable bonds is 9. The molecule has 2 rings (SSSR count). The molecule has 3 heteroatoms. The largest absolute Gasteiger partial charge is 0.303 e. The molecule has 0 N–H and O–H groups in total. The molecule has 0 bridgehead atoms. The van der Waals surface area contributed by atoms with Gasteiger partial charge in [-0.25, -0.2) is 0 Å². The lowest BCUT2D eigenvalue weighted by atomic mass is 9.92. The third kappa shape index (κ3) is 7.84. The van der Waals surface area contributed by atoms with Gasteiger partial charge in [-0.1, -0.05) is 27.7 Å². The Morgan fingerprint density at radius 3 is 1.88 bits per heavy atom. The van der Waals surface area contributed by atoms with Crippen molar-refractivity contribution in [2.75, 3.05) is 58.9 Å². The molecule has 2 fully saturated rings. The van der Waals surface area contributed by atoms with Crippen molar-refractivity contribution in [2.24, 2.45) is 17.8 Å². The molecule has 3 nitrogen and oxygen atoms in total. The van der Waals surface area contributed by atoms with Crippen LogP contribution in [0.3, 0.4) is 0 Å². The molecule has 0 spiro atoms. The van der Waals surface area contributed by atoms with Crippen LogP contribution in [0.2, 0.25) is 0 Å². The van der Waals surface area contributed by atoms with Gasteiger partial charge in [0.2, 0.25) is 0 Å². The predicted octanol–water partition coefficient (Wildman–Crippen LogP) is 3.80. The Morgan fingerprint density at radius 2 is 1.29 bits per heavy atom. The van der Waals surface area contributed by atoms with Gasteiger partial charge in [0, 0.05) is 32.7 Å². The van der Waals surface area contributed by atoms with Crippen molar-refractivity contribution in [2.45, 2.75) is 59.8 Å². The summed E-state index contributed by atoms with van der Waals surface area (Å²) < 4.78 is 0. The molecular weight excluding hydrogens is 294 g/mol. The zero-order chi connectivity index (χ0) is 17.4. The van der Waals surface area contributed by atoms with Crippen molar-refractivity contribution >= 4 is 0 Å². The van der Waals surface area contributed by atoms with E-state index in [1.54, 1.807) is 0 Å². The molecule has 2 heterocycles. The molecule has 0 unspecified atom stereocenters. The molecular formula is C21H43N3. The fourth-order valence-corrected chi connectivity index (χ4v) is 4.25. The van der Waals surface area contributed by atoms with Crippen LogP contribution >= 0.6 is 0 Å². The maximum atomic E-state index is 2.70. The van der Waals surface area contributed by atoms with Gasteiger partial charge in [-0.15, -0.1) is 0 Å². The summed E-state index contributed by atoms with van der Waals surface area (Å²) >= 11 is 0. The van der Waals surface area contributed by atoms with Crippen LogP contribution in [0.25, 0.3) is 0 Å². The third-order valence-corrected chi connectivity index (χ3v) is 5.90. The highest BCUT2D eigenvalue weighted by molar-refractivity contribution is 4.75. The summed E-state index contributed by atoms with van der Waals surface area (Å²) in [6.07, 6.45) is 7.14. The maximum absolute atomic E-state index is 2.70. The maximum Gasteiger partial charge on any atom is 0.0110 e. The zero-order valence-corrected chi connectivity index (χ0v) is 17.0. The summed E-state index contributed by atoms with van der Waals surface area (Å²) in [5.74, 6) is 2.66. The molecule has 0 atom stereocenters. The van der Waals surface area contributed by atoms with Crippen molar-refractivity contribution in [3.05, 3.63) is 0 Å². The normalized spacial score (nSPS) is 22.8. The number of piperazine rings is 1. The molecule has 142 valence electrons. The second-order valence-electron chi connectivity index (χ2n) is 9.15. The highest BCUT2D eigenvalue weighted by Gasteiger charge is 2.20. The summed E-state index contributed by atoms with van der Waals surface area (Å²) in [4.78, 5) is 8.05. The molecule has 2 aliphatic rings. The summed E-state index contributed by atoms with van der Waals surface area (Å²) in [6, 6.07) is 0. The number of hydrogen-bond donors (Lipinski definition) is 0. The fraction of sp³-hybridized carbons (Fsp3) is 1.00. The Labute approximate surface area is 151 Å². The second kappa shape index (κ2) is 10.8. The fourth-order valence-electron chi connectivity index (χ4n) is 4.25. The molecule has 0 aromatic rings. The van der Waals surface area contributed by atoms with Crippen molar-refractivity contribution < 1.29 is 0 Å². The van der Waals surface area contributed by atoms with E-state index in [-0.39, 0.29) is 0 Å². The van der Waals surface area contributed by atoms with E-state index in [0.29, 0.717) is 0 Å². The van der Waals surface area contributed by atoms with Crippen LogP contribution in [0.4, 0.5) is 0 Å². The van der Waals surface area contributed by atoms with Gasteiger partial charge in [-0.05, 0) is 76.0 Å². The average molecular weight is 338 g/mol. The standard InChI is InChI=1S/C21H43N3/c1-19(2)7-11-23-12-8-21(9-13-23)6-5-10-22-14-16-24(17-15-22)18-20(3)4/h19-21H,5-18H2,1-4H3. The van der Waals surface area contributed by atoms with Crippen LogP contribution in [0.15, 0.2) is 0 Å². The Balaban J connectivity index is 1.50. The second-order valence-corrected chi connectivity index (χ2v) is 9.15. The highest BCUT2D eigenvalue weighted by Crippen LogP contribution is 2.22. The first-order valence-electron chi connectivity index (χ1n) is 10.7. The van der Waals surface area contributed by atoms with Crippen LogP contribution in [0.1, 0.15) is 59.8 Å². The Bertz CT molecular complexity index is 313. The minimum Gasteiger partial charge on any atom is -0.303 e. The van der Waals surface area contributed by atoms with Crippen LogP contribution in [-0.4, -0.2) is 73.6 Å². The lowest BCUT2D eigenvalue weighted by Gasteiger charge is -2.36. The smallest absolute Gasteiger partial charge is 0.0110 e. The van der Waals surface area contributed by atoms with Crippen LogP contribution in [0.5, 0.6) is 0 Å². The van der Waals surface area contributed by atoms with E-state index in [0.717, 1.165) is 17.8 Å². The van der Waals surface area contributed by atoms with Gasteiger partial charge in [0.25, 0.3) is 0 Å². The molecule has 0 radical (unpaired) electrons. The first kappa shape index (κ1) is 20.2. The van der Waals surface area contributed by atoms with Crippen LogP contribution in [0, 0.1) is 17.8 Å². The van der Waals surface area contributed by atoms with Crippen molar-refractivity contribution in [3.8, 4) is 0 Å². The number of piperidine rings is 1. The molecule has 24 heavy (non-hydrogen) atoms. The summed E-state index contributed by atoms with van der Waals surface area (Å²) in [5, 5.41) is 0. The Hall–Kier alpha value is -0.120. The molecule has 0 aliphatic carbocycles. The Morgan fingerprint density at radius 1 is 0.708 bits per heavy atom.